The molecule has 2 heterocycles. The molecule has 2 aromatic rings. The molecule has 1 aromatic heterocycles. The van der Waals surface area contributed by atoms with Gasteiger partial charge in [0.25, 0.3) is 5.56 Å². The fraction of sp³-hybridized carbons (Fsp3) is 0.450. The van der Waals surface area contributed by atoms with Crippen LogP contribution in [-0.4, -0.2) is 59.8 Å². The fourth-order valence-corrected chi connectivity index (χ4v) is 3.18. The number of nitrogens with one attached hydrogen (secondary N) is 1. The van der Waals surface area contributed by atoms with Crippen LogP contribution in [0, 0.1) is 0 Å². The first kappa shape index (κ1) is 19.9. The number of nitrogens with zero attached hydrogens (tertiary/aromatic N) is 3. The Balaban J connectivity index is 1.45. The van der Waals surface area contributed by atoms with Crippen LogP contribution in [0.15, 0.2) is 47.5 Å². The minimum atomic E-state index is -0.467. The number of rotatable bonds is 8. The summed E-state index contributed by atoms with van der Waals surface area (Å²) in [6.45, 7) is 3.27. The van der Waals surface area contributed by atoms with E-state index in [0.717, 1.165) is 38.2 Å². The van der Waals surface area contributed by atoms with E-state index >= 15 is 0 Å². The number of hydrogen-bond acceptors (Lipinski definition) is 7. The van der Waals surface area contributed by atoms with Gasteiger partial charge in [-0.2, -0.15) is 0 Å². The van der Waals surface area contributed by atoms with Gasteiger partial charge >= 0.3 is 5.97 Å². The maximum Gasteiger partial charge on any atom is 0.325 e. The van der Waals surface area contributed by atoms with Crippen molar-refractivity contribution in [3.63, 3.8) is 0 Å². The predicted octanol–water partition coefficient (Wildman–Crippen LogP) is 1.37. The van der Waals surface area contributed by atoms with Crippen LogP contribution in [0.3, 0.4) is 0 Å². The molecule has 8 nitrogen and oxygen atoms in total. The number of aromatic nitrogens is 2. The van der Waals surface area contributed by atoms with E-state index in [-0.39, 0.29) is 24.0 Å². The lowest BCUT2D eigenvalue weighted by Crippen LogP contribution is -2.42. The van der Waals surface area contributed by atoms with E-state index < -0.39 is 5.97 Å². The molecule has 0 unspecified atom stereocenters. The molecule has 0 saturated carbocycles. The molecule has 8 heteroatoms. The highest BCUT2D eigenvalue weighted by molar-refractivity contribution is 5.69. The van der Waals surface area contributed by atoms with Crippen LogP contribution in [0.25, 0.3) is 0 Å². The van der Waals surface area contributed by atoms with Gasteiger partial charge in [-0.25, -0.2) is 4.98 Å². The van der Waals surface area contributed by atoms with Crippen molar-refractivity contribution < 1.29 is 14.3 Å². The molecule has 1 N–H and O–H groups in total. The number of methoxy groups -OCH3 is 1. The minimum absolute atomic E-state index is 0.119. The largest absolute Gasteiger partial charge is 0.492 e. The normalized spacial score (nSPS) is 15.2. The SMILES string of the molecule is COC(=O)Cn1ccnc(NC2CCN(CCOc3ccccc3)CC2)c1=O. The number of carbonyl (C=O) groups is 1. The summed E-state index contributed by atoms with van der Waals surface area (Å²) < 4.78 is 11.7. The Kier molecular flexibility index (Phi) is 7.02. The molecule has 0 radical (unpaired) electrons. The first-order chi connectivity index (χ1) is 13.7. The average Bonchev–Trinajstić information content (AvgIpc) is 2.73. The van der Waals surface area contributed by atoms with Crippen molar-refractivity contribution in [3.8, 4) is 5.75 Å². The number of hydrogen-bond donors (Lipinski definition) is 1. The molecule has 1 aliphatic heterocycles. The van der Waals surface area contributed by atoms with Crippen LogP contribution in [-0.2, 0) is 16.1 Å². The van der Waals surface area contributed by atoms with Crippen molar-refractivity contribution in [1.29, 1.82) is 0 Å². The highest BCUT2D eigenvalue weighted by Crippen LogP contribution is 2.14. The van der Waals surface area contributed by atoms with Crippen LogP contribution in [0.5, 0.6) is 5.75 Å². The Labute approximate surface area is 164 Å². The van der Waals surface area contributed by atoms with Gasteiger partial charge in [0.05, 0.1) is 7.11 Å². The van der Waals surface area contributed by atoms with Gasteiger partial charge in [-0.1, -0.05) is 18.2 Å². The standard InChI is InChI=1S/C20H26N4O4/c1-27-18(25)15-24-12-9-21-19(20(24)26)22-16-7-10-23(11-8-16)13-14-28-17-5-3-2-4-6-17/h2-6,9,12,16H,7-8,10-11,13-15H2,1H3,(H,21,22). The van der Waals surface area contributed by atoms with Gasteiger partial charge in [-0.05, 0) is 25.0 Å². The molecule has 3 rings (SSSR count). The first-order valence-electron chi connectivity index (χ1n) is 9.44. The summed E-state index contributed by atoms with van der Waals surface area (Å²) in [7, 11) is 1.30. The molecule has 0 aliphatic carbocycles. The molecular formula is C20H26N4O4. The molecule has 0 amide bonds. The highest BCUT2D eigenvalue weighted by Gasteiger charge is 2.20. The fourth-order valence-electron chi connectivity index (χ4n) is 3.18. The van der Waals surface area contributed by atoms with Crippen LogP contribution in [0.2, 0.25) is 0 Å². The zero-order valence-electron chi connectivity index (χ0n) is 16.0. The number of ether oxygens (including phenoxy) is 2. The summed E-state index contributed by atoms with van der Waals surface area (Å²) in [5.41, 5.74) is -0.313. The lowest BCUT2D eigenvalue weighted by Gasteiger charge is -2.32. The topological polar surface area (TPSA) is 85.7 Å². The number of benzene rings is 1. The van der Waals surface area contributed by atoms with Crippen molar-refractivity contribution in [1.82, 2.24) is 14.5 Å². The molecule has 0 spiro atoms. The van der Waals surface area contributed by atoms with Gasteiger partial charge in [0.1, 0.15) is 18.9 Å². The molecule has 1 aliphatic rings. The molecule has 0 atom stereocenters. The quantitative estimate of drug-likeness (QED) is 0.686. The van der Waals surface area contributed by atoms with E-state index in [1.807, 2.05) is 30.3 Å². The van der Waals surface area contributed by atoms with Gasteiger partial charge in [-0.15, -0.1) is 0 Å². The molecule has 1 fully saturated rings. The van der Waals surface area contributed by atoms with Crippen molar-refractivity contribution >= 4 is 11.8 Å². The first-order valence-corrected chi connectivity index (χ1v) is 9.44. The van der Waals surface area contributed by atoms with Crippen molar-refractivity contribution in [3.05, 3.63) is 53.1 Å². The molecular weight excluding hydrogens is 360 g/mol. The van der Waals surface area contributed by atoms with Crippen molar-refractivity contribution in [2.45, 2.75) is 25.4 Å². The summed E-state index contributed by atoms with van der Waals surface area (Å²) >= 11 is 0. The van der Waals surface area contributed by atoms with Crippen LogP contribution < -0.4 is 15.6 Å². The van der Waals surface area contributed by atoms with E-state index in [1.54, 1.807) is 0 Å². The number of carbonyl (C=O) groups excluding carboxylic acids is 1. The van der Waals surface area contributed by atoms with Crippen LogP contribution in [0.4, 0.5) is 5.82 Å². The number of piperidine rings is 1. The van der Waals surface area contributed by atoms with Crippen molar-refractivity contribution in [2.24, 2.45) is 0 Å². The van der Waals surface area contributed by atoms with E-state index in [0.29, 0.717) is 6.61 Å². The third-order valence-corrected chi connectivity index (χ3v) is 4.79. The summed E-state index contributed by atoms with van der Waals surface area (Å²) in [4.78, 5) is 30.3. The van der Waals surface area contributed by atoms with Gasteiger partial charge < -0.3 is 14.8 Å². The number of para-hydroxylation sites is 1. The zero-order chi connectivity index (χ0) is 19.8. The summed E-state index contributed by atoms with van der Waals surface area (Å²) in [6, 6.07) is 9.98. The second kappa shape index (κ2) is 9.89. The Morgan fingerprint density at radius 3 is 2.71 bits per heavy atom. The van der Waals surface area contributed by atoms with Gasteiger partial charge in [-0.3, -0.25) is 19.1 Å². The van der Waals surface area contributed by atoms with E-state index in [1.165, 1.54) is 24.1 Å². The summed E-state index contributed by atoms with van der Waals surface area (Å²) in [5, 5.41) is 3.23. The molecule has 1 aromatic carbocycles. The van der Waals surface area contributed by atoms with E-state index in [2.05, 4.69) is 19.9 Å². The molecule has 1 saturated heterocycles. The number of likely N-dealkylation sites (tertiary alicyclic amines) is 1. The van der Waals surface area contributed by atoms with Gasteiger partial charge in [0.2, 0.25) is 0 Å². The maximum absolute atomic E-state index is 12.4. The molecule has 150 valence electrons. The monoisotopic (exact) mass is 386 g/mol. The molecule has 0 bridgehead atoms. The van der Waals surface area contributed by atoms with E-state index in [4.69, 9.17) is 4.74 Å². The second-order valence-electron chi connectivity index (χ2n) is 6.71. The molecule has 28 heavy (non-hydrogen) atoms. The Hall–Kier alpha value is -2.87. The maximum atomic E-state index is 12.4. The average molecular weight is 386 g/mol. The Bertz CT molecular complexity index is 816. The van der Waals surface area contributed by atoms with Crippen LogP contribution in [0.1, 0.15) is 12.8 Å². The third-order valence-electron chi connectivity index (χ3n) is 4.79. The third kappa shape index (κ3) is 5.56. The summed E-state index contributed by atoms with van der Waals surface area (Å²) in [5.74, 6) is 0.694. The highest BCUT2D eigenvalue weighted by atomic mass is 16.5. The second-order valence-corrected chi connectivity index (χ2v) is 6.71. The summed E-state index contributed by atoms with van der Waals surface area (Å²) in [6.07, 6.45) is 4.83. The predicted molar refractivity (Wildman–Crippen MR) is 106 cm³/mol. The lowest BCUT2D eigenvalue weighted by atomic mass is 10.1. The minimum Gasteiger partial charge on any atom is -0.492 e. The zero-order valence-corrected chi connectivity index (χ0v) is 16.0. The van der Waals surface area contributed by atoms with Crippen LogP contribution >= 0.6 is 0 Å². The number of esters is 1. The van der Waals surface area contributed by atoms with E-state index in [9.17, 15) is 9.59 Å². The van der Waals surface area contributed by atoms with Gasteiger partial charge in [0, 0.05) is 38.1 Å². The lowest BCUT2D eigenvalue weighted by molar-refractivity contribution is -0.141. The van der Waals surface area contributed by atoms with Gasteiger partial charge in [0.15, 0.2) is 5.82 Å². The smallest absolute Gasteiger partial charge is 0.325 e. The Morgan fingerprint density at radius 2 is 2.00 bits per heavy atom. The Morgan fingerprint density at radius 1 is 1.25 bits per heavy atom. The number of anilines is 1. The van der Waals surface area contributed by atoms with Crippen molar-refractivity contribution in [2.75, 3.05) is 38.7 Å².